The number of rotatable bonds is 2. The molecule has 1 heterocycles. The first kappa shape index (κ1) is 12.6. The van der Waals surface area contributed by atoms with Crippen molar-refractivity contribution in [2.24, 2.45) is 5.73 Å². The summed E-state index contributed by atoms with van der Waals surface area (Å²) >= 11 is 12.3. The molecule has 0 atom stereocenters. The van der Waals surface area contributed by atoms with E-state index in [1.165, 1.54) is 0 Å². The van der Waals surface area contributed by atoms with Gasteiger partial charge in [0.15, 0.2) is 0 Å². The van der Waals surface area contributed by atoms with Crippen molar-refractivity contribution in [3.63, 3.8) is 0 Å². The maximum Gasteiger partial charge on any atom is 0.0671 e. The number of aromatic nitrogens is 1. The number of pyridine rings is 1. The molecule has 0 amide bonds. The summed E-state index contributed by atoms with van der Waals surface area (Å²) in [6.45, 7) is 3.97. The molecule has 2 aromatic rings. The van der Waals surface area contributed by atoms with Crippen molar-refractivity contribution in [1.82, 2.24) is 4.98 Å². The van der Waals surface area contributed by atoms with Gasteiger partial charge in [-0.2, -0.15) is 0 Å². The first-order valence-corrected chi connectivity index (χ1v) is 6.13. The Bertz CT molecular complexity index is 559. The van der Waals surface area contributed by atoms with Crippen LogP contribution in [0.15, 0.2) is 24.5 Å². The van der Waals surface area contributed by atoms with Crippen LogP contribution in [-0.4, -0.2) is 10.5 Å². The van der Waals surface area contributed by atoms with E-state index in [1.54, 1.807) is 12.4 Å². The minimum absolute atomic E-state index is 0.292. The van der Waals surface area contributed by atoms with Crippen molar-refractivity contribution in [3.8, 4) is 0 Å². The maximum absolute atomic E-state index is 6.18. The SMILES string of the molecule is CC(C)(N)Cc1cc(Cl)c(Cl)c2ccncc12. The first-order chi connectivity index (χ1) is 7.88. The lowest BCUT2D eigenvalue weighted by Crippen LogP contribution is -2.34. The summed E-state index contributed by atoms with van der Waals surface area (Å²) in [5.74, 6) is 0. The Labute approximate surface area is 111 Å². The summed E-state index contributed by atoms with van der Waals surface area (Å²) in [7, 11) is 0. The fourth-order valence-electron chi connectivity index (χ4n) is 1.90. The summed E-state index contributed by atoms with van der Waals surface area (Å²) in [5.41, 5.74) is 6.84. The van der Waals surface area contributed by atoms with Crippen molar-refractivity contribution in [2.75, 3.05) is 0 Å². The molecule has 0 radical (unpaired) electrons. The number of hydrogen-bond donors (Lipinski definition) is 1. The van der Waals surface area contributed by atoms with Crippen LogP contribution in [0.1, 0.15) is 19.4 Å². The van der Waals surface area contributed by atoms with Gasteiger partial charge in [-0.3, -0.25) is 4.98 Å². The molecule has 17 heavy (non-hydrogen) atoms. The highest BCUT2D eigenvalue weighted by Crippen LogP contribution is 2.34. The largest absolute Gasteiger partial charge is 0.325 e. The number of halogens is 2. The number of benzene rings is 1. The molecule has 0 aliphatic carbocycles. The van der Waals surface area contributed by atoms with Gasteiger partial charge in [0, 0.05) is 28.7 Å². The predicted molar refractivity (Wildman–Crippen MR) is 73.7 cm³/mol. The van der Waals surface area contributed by atoms with E-state index in [0.717, 1.165) is 22.8 Å². The quantitative estimate of drug-likeness (QED) is 0.900. The molecule has 2 rings (SSSR count). The number of fused-ring (bicyclic) bond motifs is 1. The lowest BCUT2D eigenvalue weighted by atomic mass is 9.93. The van der Waals surface area contributed by atoms with Gasteiger partial charge in [-0.25, -0.2) is 0 Å². The highest BCUT2D eigenvalue weighted by atomic mass is 35.5. The van der Waals surface area contributed by atoms with E-state index < -0.39 is 0 Å². The Hall–Kier alpha value is -0.830. The van der Waals surface area contributed by atoms with Crippen LogP contribution < -0.4 is 5.73 Å². The van der Waals surface area contributed by atoms with Crippen LogP contribution in [0.3, 0.4) is 0 Å². The van der Waals surface area contributed by atoms with Crippen LogP contribution >= 0.6 is 23.2 Å². The fraction of sp³-hybridized carbons (Fsp3) is 0.308. The predicted octanol–water partition coefficient (Wildman–Crippen LogP) is 3.82. The average molecular weight is 269 g/mol. The molecule has 0 aliphatic rings. The molecule has 0 fully saturated rings. The van der Waals surface area contributed by atoms with Gasteiger partial charge < -0.3 is 5.73 Å². The molecule has 0 unspecified atom stereocenters. The van der Waals surface area contributed by atoms with Gasteiger partial charge in [0.1, 0.15) is 0 Å². The summed E-state index contributed by atoms with van der Waals surface area (Å²) in [4.78, 5) is 4.13. The molecule has 0 bridgehead atoms. The second-order valence-electron chi connectivity index (χ2n) is 4.92. The zero-order chi connectivity index (χ0) is 12.6. The Balaban J connectivity index is 2.67. The van der Waals surface area contributed by atoms with Crippen LogP contribution in [0, 0.1) is 0 Å². The minimum Gasteiger partial charge on any atom is -0.325 e. The van der Waals surface area contributed by atoms with Crippen molar-refractivity contribution >= 4 is 34.0 Å². The molecule has 2 nitrogen and oxygen atoms in total. The lowest BCUT2D eigenvalue weighted by molar-refractivity contribution is 0.518. The summed E-state index contributed by atoms with van der Waals surface area (Å²) in [6.07, 6.45) is 4.24. The molecule has 1 aromatic carbocycles. The van der Waals surface area contributed by atoms with E-state index in [9.17, 15) is 0 Å². The zero-order valence-electron chi connectivity index (χ0n) is 9.80. The molecule has 0 saturated heterocycles. The highest BCUT2D eigenvalue weighted by molar-refractivity contribution is 6.45. The van der Waals surface area contributed by atoms with E-state index in [4.69, 9.17) is 28.9 Å². The number of nitrogens with zero attached hydrogens (tertiary/aromatic N) is 1. The molecule has 0 saturated carbocycles. The van der Waals surface area contributed by atoms with E-state index >= 15 is 0 Å². The number of hydrogen-bond acceptors (Lipinski definition) is 2. The van der Waals surface area contributed by atoms with Crippen molar-refractivity contribution < 1.29 is 0 Å². The van der Waals surface area contributed by atoms with E-state index in [1.807, 2.05) is 26.0 Å². The van der Waals surface area contributed by atoms with Crippen LogP contribution in [0.2, 0.25) is 10.0 Å². The molecule has 0 spiro atoms. The monoisotopic (exact) mass is 268 g/mol. The second-order valence-corrected chi connectivity index (χ2v) is 5.70. The van der Waals surface area contributed by atoms with E-state index in [0.29, 0.717) is 10.0 Å². The Morgan fingerprint density at radius 2 is 2.00 bits per heavy atom. The molecule has 90 valence electrons. The van der Waals surface area contributed by atoms with E-state index in [-0.39, 0.29) is 5.54 Å². The average Bonchev–Trinajstić information content (AvgIpc) is 2.24. The van der Waals surface area contributed by atoms with Crippen molar-refractivity contribution in [2.45, 2.75) is 25.8 Å². The molecule has 1 aromatic heterocycles. The van der Waals surface area contributed by atoms with Gasteiger partial charge in [-0.05, 0) is 38.0 Å². The third-order valence-corrected chi connectivity index (χ3v) is 3.36. The normalized spacial score (nSPS) is 12.1. The van der Waals surface area contributed by atoms with Crippen LogP contribution in [0.5, 0.6) is 0 Å². The third-order valence-electron chi connectivity index (χ3n) is 2.56. The molecule has 0 aliphatic heterocycles. The summed E-state index contributed by atoms with van der Waals surface area (Å²) in [5, 5.41) is 3.07. The zero-order valence-corrected chi connectivity index (χ0v) is 11.3. The van der Waals surface area contributed by atoms with Gasteiger partial charge in [0.2, 0.25) is 0 Å². The van der Waals surface area contributed by atoms with Crippen LogP contribution in [0.25, 0.3) is 10.8 Å². The topological polar surface area (TPSA) is 38.9 Å². The van der Waals surface area contributed by atoms with E-state index in [2.05, 4.69) is 4.98 Å². The highest BCUT2D eigenvalue weighted by Gasteiger charge is 2.16. The standard InChI is InChI=1S/C13H14Cl2N2/c1-13(2,16)6-8-5-11(14)12(15)9-3-4-17-7-10(8)9/h3-5,7H,6,16H2,1-2H3. The van der Waals surface area contributed by atoms with Crippen molar-refractivity contribution in [3.05, 3.63) is 40.1 Å². The minimum atomic E-state index is -0.292. The fourth-order valence-corrected chi connectivity index (χ4v) is 2.35. The van der Waals surface area contributed by atoms with Gasteiger partial charge in [-0.1, -0.05) is 23.2 Å². The van der Waals surface area contributed by atoms with Gasteiger partial charge >= 0.3 is 0 Å². The molecule has 4 heteroatoms. The van der Waals surface area contributed by atoms with Crippen LogP contribution in [0.4, 0.5) is 0 Å². The molecular formula is C13H14Cl2N2. The van der Waals surface area contributed by atoms with Gasteiger partial charge in [0.25, 0.3) is 0 Å². The first-order valence-electron chi connectivity index (χ1n) is 5.38. The van der Waals surface area contributed by atoms with Gasteiger partial charge in [-0.15, -0.1) is 0 Å². The molecule has 2 N–H and O–H groups in total. The van der Waals surface area contributed by atoms with Crippen LogP contribution in [-0.2, 0) is 6.42 Å². The third kappa shape index (κ3) is 2.71. The Morgan fingerprint density at radius 1 is 1.29 bits per heavy atom. The maximum atomic E-state index is 6.18. The Kier molecular flexibility index (Phi) is 3.30. The smallest absolute Gasteiger partial charge is 0.0671 e. The number of nitrogens with two attached hydrogens (primary N) is 1. The molecular weight excluding hydrogens is 255 g/mol. The second kappa shape index (κ2) is 4.45. The van der Waals surface area contributed by atoms with Crippen molar-refractivity contribution in [1.29, 1.82) is 0 Å². The summed E-state index contributed by atoms with van der Waals surface area (Å²) in [6, 6.07) is 3.75. The lowest BCUT2D eigenvalue weighted by Gasteiger charge is -2.20. The summed E-state index contributed by atoms with van der Waals surface area (Å²) < 4.78 is 0. The Morgan fingerprint density at radius 3 is 2.65 bits per heavy atom. The van der Waals surface area contributed by atoms with Gasteiger partial charge in [0.05, 0.1) is 10.0 Å².